The van der Waals surface area contributed by atoms with Crippen LogP contribution in [0.5, 0.6) is 0 Å². The van der Waals surface area contributed by atoms with Crippen LogP contribution in [-0.4, -0.2) is 26.3 Å². The molecule has 3 nitrogen and oxygen atoms in total. The Bertz CT molecular complexity index is 227. The summed E-state index contributed by atoms with van der Waals surface area (Å²) >= 11 is 0. The largest absolute Gasteiger partial charge is 0.381 e. The highest BCUT2D eigenvalue weighted by Gasteiger charge is 2.16. The van der Waals surface area contributed by atoms with Gasteiger partial charge in [-0.1, -0.05) is 0 Å². The summed E-state index contributed by atoms with van der Waals surface area (Å²) in [6.45, 7) is 8.00. The molecule has 1 heterocycles. The van der Waals surface area contributed by atoms with Gasteiger partial charge in [0.25, 0.3) is 0 Å². The molecule has 1 aliphatic heterocycles. The quantitative estimate of drug-likeness (QED) is 0.704. The van der Waals surface area contributed by atoms with E-state index in [1.54, 1.807) is 0 Å². The van der Waals surface area contributed by atoms with Crippen molar-refractivity contribution < 1.29 is 4.74 Å². The van der Waals surface area contributed by atoms with Gasteiger partial charge < -0.3 is 10.1 Å². The second-order valence-electron chi connectivity index (χ2n) is 5.36. The van der Waals surface area contributed by atoms with Crippen molar-refractivity contribution in [3.63, 3.8) is 0 Å². The molecule has 0 aromatic heterocycles. The van der Waals surface area contributed by atoms with Gasteiger partial charge in [0.2, 0.25) is 0 Å². The summed E-state index contributed by atoms with van der Waals surface area (Å²) in [4.78, 5) is 0. The second-order valence-corrected chi connectivity index (χ2v) is 5.36. The summed E-state index contributed by atoms with van der Waals surface area (Å²) in [6.07, 6.45) is 4.45. The topological polar surface area (TPSA) is 45.0 Å². The minimum atomic E-state index is -0.166. The molecule has 0 saturated carbocycles. The van der Waals surface area contributed by atoms with Gasteiger partial charge in [-0.25, -0.2) is 0 Å². The van der Waals surface area contributed by atoms with E-state index in [0.29, 0.717) is 0 Å². The molecule has 3 heteroatoms. The van der Waals surface area contributed by atoms with Crippen LogP contribution in [0.3, 0.4) is 0 Å². The Kier molecular flexibility index (Phi) is 5.79. The van der Waals surface area contributed by atoms with Crippen molar-refractivity contribution >= 4 is 0 Å². The number of nitriles is 1. The lowest BCUT2D eigenvalue weighted by Crippen LogP contribution is -2.28. The molecule has 1 saturated heterocycles. The molecule has 16 heavy (non-hydrogen) atoms. The predicted molar refractivity (Wildman–Crippen MR) is 65.0 cm³/mol. The van der Waals surface area contributed by atoms with E-state index in [0.717, 1.165) is 45.1 Å². The summed E-state index contributed by atoms with van der Waals surface area (Å²) < 4.78 is 5.32. The second kappa shape index (κ2) is 6.88. The van der Waals surface area contributed by atoms with Crippen molar-refractivity contribution in [3.8, 4) is 6.07 Å². The molecule has 1 rings (SSSR count). The lowest BCUT2D eigenvalue weighted by molar-refractivity contribution is 0.0663. The monoisotopic (exact) mass is 224 g/mol. The zero-order chi connectivity index (χ0) is 11.9. The Morgan fingerprint density at radius 3 is 2.69 bits per heavy atom. The van der Waals surface area contributed by atoms with Crippen LogP contribution in [0.4, 0.5) is 0 Å². The lowest BCUT2D eigenvalue weighted by atomic mass is 9.90. The summed E-state index contributed by atoms with van der Waals surface area (Å²) in [5, 5.41) is 12.4. The molecular formula is C13H24N2O. The van der Waals surface area contributed by atoms with E-state index in [4.69, 9.17) is 10.00 Å². The van der Waals surface area contributed by atoms with Gasteiger partial charge in [0, 0.05) is 13.2 Å². The fourth-order valence-electron chi connectivity index (χ4n) is 1.97. The van der Waals surface area contributed by atoms with Gasteiger partial charge in [-0.15, -0.1) is 0 Å². The smallest absolute Gasteiger partial charge is 0.0683 e. The molecule has 0 unspecified atom stereocenters. The highest BCUT2D eigenvalue weighted by atomic mass is 16.5. The third kappa shape index (κ3) is 5.48. The predicted octanol–water partition coefficient (Wildman–Crippen LogP) is 2.33. The van der Waals surface area contributed by atoms with Gasteiger partial charge in [-0.3, -0.25) is 0 Å². The van der Waals surface area contributed by atoms with Crippen LogP contribution in [0.15, 0.2) is 0 Å². The third-order valence-corrected chi connectivity index (χ3v) is 3.23. The van der Waals surface area contributed by atoms with Crippen molar-refractivity contribution in [3.05, 3.63) is 0 Å². The van der Waals surface area contributed by atoms with Crippen LogP contribution in [0.2, 0.25) is 0 Å². The highest BCUT2D eigenvalue weighted by Crippen LogP contribution is 2.20. The molecule has 0 atom stereocenters. The first kappa shape index (κ1) is 13.5. The van der Waals surface area contributed by atoms with Crippen LogP contribution < -0.4 is 5.32 Å². The highest BCUT2D eigenvalue weighted by molar-refractivity contribution is 4.91. The summed E-state index contributed by atoms with van der Waals surface area (Å²) in [7, 11) is 0. The van der Waals surface area contributed by atoms with E-state index in [-0.39, 0.29) is 5.41 Å². The van der Waals surface area contributed by atoms with Gasteiger partial charge >= 0.3 is 0 Å². The molecule has 1 N–H and O–H groups in total. The fourth-order valence-corrected chi connectivity index (χ4v) is 1.97. The minimum absolute atomic E-state index is 0.166. The average Bonchev–Trinajstić information content (AvgIpc) is 2.30. The number of rotatable bonds is 6. The first-order valence-corrected chi connectivity index (χ1v) is 6.34. The van der Waals surface area contributed by atoms with Gasteiger partial charge in [-0.2, -0.15) is 5.26 Å². The molecule has 1 aliphatic rings. The lowest BCUT2D eigenvalue weighted by Gasteiger charge is -2.22. The molecule has 0 aromatic rings. The SMILES string of the molecule is CC(C)(C#N)CCCNCC1CCOCC1. The van der Waals surface area contributed by atoms with E-state index in [1.165, 1.54) is 12.8 Å². The molecule has 0 amide bonds. The maximum Gasteiger partial charge on any atom is 0.0683 e. The van der Waals surface area contributed by atoms with Crippen molar-refractivity contribution in [2.45, 2.75) is 39.5 Å². The number of nitrogens with one attached hydrogen (secondary N) is 1. The van der Waals surface area contributed by atoms with Gasteiger partial charge in [0.05, 0.1) is 11.5 Å². The number of ether oxygens (including phenoxy) is 1. The van der Waals surface area contributed by atoms with Crippen LogP contribution in [0.25, 0.3) is 0 Å². The first-order valence-electron chi connectivity index (χ1n) is 6.34. The number of nitrogens with zero attached hydrogens (tertiary/aromatic N) is 1. The van der Waals surface area contributed by atoms with Crippen LogP contribution in [0, 0.1) is 22.7 Å². The first-order chi connectivity index (χ1) is 7.64. The van der Waals surface area contributed by atoms with E-state index >= 15 is 0 Å². The van der Waals surface area contributed by atoms with Crippen LogP contribution >= 0.6 is 0 Å². The molecular weight excluding hydrogens is 200 g/mol. The summed E-state index contributed by atoms with van der Waals surface area (Å²) in [5.74, 6) is 0.790. The fraction of sp³-hybridized carbons (Fsp3) is 0.923. The van der Waals surface area contributed by atoms with Crippen LogP contribution in [-0.2, 0) is 4.74 Å². The number of hydrogen-bond acceptors (Lipinski definition) is 3. The zero-order valence-electron chi connectivity index (χ0n) is 10.6. The standard InChI is InChI=1S/C13H24N2O/c1-13(2,11-14)6-3-7-15-10-12-4-8-16-9-5-12/h12,15H,3-10H2,1-2H3. The Balaban J connectivity index is 1.97. The van der Waals surface area contributed by atoms with Crippen molar-refractivity contribution in [2.24, 2.45) is 11.3 Å². The van der Waals surface area contributed by atoms with Gasteiger partial charge in [0.15, 0.2) is 0 Å². The summed E-state index contributed by atoms with van der Waals surface area (Å²) in [5.41, 5.74) is -0.166. The Labute approximate surface area is 99.2 Å². The van der Waals surface area contributed by atoms with E-state index < -0.39 is 0 Å². The van der Waals surface area contributed by atoms with Crippen LogP contribution in [0.1, 0.15) is 39.5 Å². The van der Waals surface area contributed by atoms with E-state index in [9.17, 15) is 0 Å². The van der Waals surface area contributed by atoms with E-state index in [2.05, 4.69) is 11.4 Å². The third-order valence-electron chi connectivity index (χ3n) is 3.23. The molecule has 0 aromatic carbocycles. The van der Waals surface area contributed by atoms with Gasteiger partial charge in [0.1, 0.15) is 0 Å². The Morgan fingerprint density at radius 2 is 2.06 bits per heavy atom. The molecule has 0 spiro atoms. The van der Waals surface area contributed by atoms with Crippen molar-refractivity contribution in [2.75, 3.05) is 26.3 Å². The molecule has 0 radical (unpaired) electrons. The maximum atomic E-state index is 8.87. The zero-order valence-corrected chi connectivity index (χ0v) is 10.6. The molecule has 0 bridgehead atoms. The Hall–Kier alpha value is -0.590. The Morgan fingerprint density at radius 1 is 1.38 bits per heavy atom. The summed E-state index contributed by atoms with van der Waals surface area (Å²) in [6, 6.07) is 2.34. The minimum Gasteiger partial charge on any atom is -0.381 e. The molecule has 1 fully saturated rings. The van der Waals surface area contributed by atoms with Gasteiger partial charge in [-0.05, 0) is 58.5 Å². The normalized spacial score (nSPS) is 18.3. The average molecular weight is 224 g/mol. The van der Waals surface area contributed by atoms with Crippen molar-refractivity contribution in [1.82, 2.24) is 5.32 Å². The maximum absolute atomic E-state index is 8.87. The van der Waals surface area contributed by atoms with E-state index in [1.807, 2.05) is 13.8 Å². The molecule has 92 valence electrons. The molecule has 0 aliphatic carbocycles. The van der Waals surface area contributed by atoms with Crippen molar-refractivity contribution in [1.29, 1.82) is 5.26 Å². The number of hydrogen-bond donors (Lipinski definition) is 1.